The monoisotopic (exact) mass is 152 g/mol. The second-order valence-corrected chi connectivity index (χ2v) is 2.79. The first-order valence-electron chi connectivity index (χ1n) is 3.78. The second-order valence-electron chi connectivity index (χ2n) is 2.79. The molecule has 0 bridgehead atoms. The molecular weight excluding hydrogens is 136 g/mol. The summed E-state index contributed by atoms with van der Waals surface area (Å²) < 4.78 is 0. The summed E-state index contributed by atoms with van der Waals surface area (Å²) in [7, 11) is 0. The minimum atomic E-state index is 0.919. The fraction of sp³-hybridized carbons (Fsp3) is 0.400. The third-order valence-corrected chi connectivity index (χ3v) is 1.33. The molecular formula is C10H16O. The third-order valence-electron chi connectivity index (χ3n) is 1.33. The van der Waals surface area contributed by atoms with E-state index in [1.165, 1.54) is 5.57 Å². The molecule has 0 aliphatic heterocycles. The normalized spacial score (nSPS) is 10.0. The third kappa shape index (κ3) is 6.91. The van der Waals surface area contributed by atoms with Gasteiger partial charge in [0.2, 0.25) is 0 Å². The zero-order valence-electron chi connectivity index (χ0n) is 7.30. The molecule has 0 fully saturated rings. The molecule has 1 heteroatoms. The van der Waals surface area contributed by atoms with Crippen LogP contribution >= 0.6 is 0 Å². The van der Waals surface area contributed by atoms with E-state index in [4.69, 9.17) is 5.11 Å². The number of aliphatic hydroxyl groups is 1. The summed E-state index contributed by atoms with van der Waals surface area (Å²) in [6.07, 6.45) is 6.74. The van der Waals surface area contributed by atoms with Crippen LogP contribution in [0.25, 0.3) is 0 Å². The fourth-order valence-corrected chi connectivity index (χ4v) is 0.735. The summed E-state index contributed by atoms with van der Waals surface area (Å²) in [5.74, 6) is 0. The minimum absolute atomic E-state index is 0.919. The largest absolute Gasteiger partial charge is 0.516 e. The van der Waals surface area contributed by atoms with Crippen LogP contribution in [0.2, 0.25) is 0 Å². The van der Waals surface area contributed by atoms with Crippen LogP contribution < -0.4 is 0 Å². The molecule has 0 saturated heterocycles. The highest BCUT2D eigenvalue weighted by Crippen LogP contribution is 2.05. The van der Waals surface area contributed by atoms with Crippen molar-refractivity contribution in [3.8, 4) is 0 Å². The lowest BCUT2D eigenvalue weighted by Gasteiger charge is -1.95. The van der Waals surface area contributed by atoms with Crippen LogP contribution in [0, 0.1) is 0 Å². The molecule has 1 nitrogen and oxygen atoms in total. The Hall–Kier alpha value is -0.980. The summed E-state index contributed by atoms with van der Waals surface area (Å²) in [5, 5.41) is 8.39. The molecule has 0 aromatic carbocycles. The van der Waals surface area contributed by atoms with E-state index in [1.807, 2.05) is 0 Å². The lowest BCUT2D eigenvalue weighted by atomic mass is 10.1. The molecule has 0 aromatic rings. The van der Waals surface area contributed by atoms with E-state index in [0.29, 0.717) is 0 Å². The highest BCUT2D eigenvalue weighted by molar-refractivity contribution is 5.13. The van der Waals surface area contributed by atoms with E-state index in [1.54, 1.807) is 6.08 Å². The zero-order valence-corrected chi connectivity index (χ0v) is 7.30. The van der Waals surface area contributed by atoms with Gasteiger partial charge >= 0.3 is 0 Å². The Morgan fingerprint density at radius 1 is 1.45 bits per heavy atom. The lowest BCUT2D eigenvalue weighted by molar-refractivity contribution is 0.473. The van der Waals surface area contributed by atoms with Gasteiger partial charge in [-0.05, 0) is 32.8 Å². The highest BCUT2D eigenvalue weighted by Gasteiger charge is 1.86. The van der Waals surface area contributed by atoms with E-state index in [9.17, 15) is 0 Å². The van der Waals surface area contributed by atoms with Crippen LogP contribution in [0.4, 0.5) is 0 Å². The van der Waals surface area contributed by atoms with Crippen LogP contribution in [0.5, 0.6) is 0 Å². The van der Waals surface area contributed by atoms with Gasteiger partial charge in [0.1, 0.15) is 0 Å². The van der Waals surface area contributed by atoms with Crippen molar-refractivity contribution >= 4 is 0 Å². The second kappa shape index (κ2) is 5.78. The van der Waals surface area contributed by atoms with Crippen LogP contribution in [0.1, 0.15) is 26.7 Å². The van der Waals surface area contributed by atoms with Crippen molar-refractivity contribution in [3.63, 3.8) is 0 Å². The fourth-order valence-electron chi connectivity index (χ4n) is 0.735. The number of hydrogen-bond donors (Lipinski definition) is 1. The molecule has 0 radical (unpaired) electrons. The zero-order chi connectivity index (χ0) is 8.69. The van der Waals surface area contributed by atoms with Gasteiger partial charge in [0.25, 0.3) is 0 Å². The molecule has 0 amide bonds. The van der Waals surface area contributed by atoms with Crippen molar-refractivity contribution in [1.82, 2.24) is 0 Å². The molecule has 0 aliphatic carbocycles. The van der Waals surface area contributed by atoms with Crippen molar-refractivity contribution < 1.29 is 5.11 Å². The van der Waals surface area contributed by atoms with Crippen molar-refractivity contribution in [3.05, 3.63) is 36.1 Å². The first-order chi connectivity index (χ1) is 5.16. The van der Waals surface area contributed by atoms with E-state index in [2.05, 4.69) is 26.5 Å². The summed E-state index contributed by atoms with van der Waals surface area (Å²) in [6.45, 7) is 7.91. The number of allylic oxidation sites excluding steroid dienone is 4. The average Bonchev–Trinajstić information content (AvgIpc) is 1.87. The van der Waals surface area contributed by atoms with Crippen molar-refractivity contribution in [1.29, 1.82) is 0 Å². The Morgan fingerprint density at radius 2 is 2.09 bits per heavy atom. The Morgan fingerprint density at radius 3 is 2.55 bits per heavy atom. The Kier molecular flexibility index (Phi) is 5.26. The highest BCUT2D eigenvalue weighted by atomic mass is 16.2. The van der Waals surface area contributed by atoms with Gasteiger partial charge in [0.05, 0.1) is 6.26 Å². The van der Waals surface area contributed by atoms with Gasteiger partial charge in [-0.2, -0.15) is 0 Å². The molecule has 0 heterocycles. The van der Waals surface area contributed by atoms with Gasteiger partial charge in [-0.3, -0.25) is 0 Å². The first-order valence-corrected chi connectivity index (χ1v) is 3.78. The molecule has 0 aromatic heterocycles. The van der Waals surface area contributed by atoms with E-state index >= 15 is 0 Å². The summed E-state index contributed by atoms with van der Waals surface area (Å²) in [5.41, 5.74) is 2.29. The van der Waals surface area contributed by atoms with E-state index in [-0.39, 0.29) is 0 Å². The van der Waals surface area contributed by atoms with Gasteiger partial charge in [0.15, 0.2) is 0 Å². The van der Waals surface area contributed by atoms with Crippen molar-refractivity contribution in [2.24, 2.45) is 0 Å². The van der Waals surface area contributed by atoms with Crippen LogP contribution in [0.15, 0.2) is 36.1 Å². The SMILES string of the molecule is C=C(C=CO)CCC=C(C)C. The maximum Gasteiger partial charge on any atom is 0.0794 e. The quantitative estimate of drug-likeness (QED) is 0.372. The number of rotatable bonds is 4. The van der Waals surface area contributed by atoms with Gasteiger partial charge in [0, 0.05) is 0 Å². The average molecular weight is 152 g/mol. The van der Waals surface area contributed by atoms with Gasteiger partial charge in [-0.1, -0.05) is 23.8 Å². The summed E-state index contributed by atoms with van der Waals surface area (Å²) >= 11 is 0. The minimum Gasteiger partial charge on any atom is -0.516 e. The molecule has 1 N–H and O–H groups in total. The maximum absolute atomic E-state index is 8.39. The smallest absolute Gasteiger partial charge is 0.0794 e. The topological polar surface area (TPSA) is 20.2 Å². The van der Waals surface area contributed by atoms with Gasteiger partial charge < -0.3 is 5.11 Å². The molecule has 0 rings (SSSR count). The van der Waals surface area contributed by atoms with Gasteiger partial charge in [-0.25, -0.2) is 0 Å². The Balaban J connectivity index is 3.55. The first kappa shape index (κ1) is 10.0. The molecule has 0 saturated carbocycles. The van der Waals surface area contributed by atoms with Crippen LogP contribution in [-0.4, -0.2) is 5.11 Å². The molecule has 0 atom stereocenters. The van der Waals surface area contributed by atoms with Crippen molar-refractivity contribution in [2.75, 3.05) is 0 Å². The van der Waals surface area contributed by atoms with Crippen LogP contribution in [-0.2, 0) is 0 Å². The standard InChI is InChI=1S/C10H16O/c1-9(2)5-4-6-10(3)7-8-11/h5,7-8,11H,3-4,6H2,1-2H3. The Bertz CT molecular complexity index is 171. The van der Waals surface area contributed by atoms with Gasteiger partial charge in [-0.15, -0.1) is 0 Å². The lowest BCUT2D eigenvalue weighted by Crippen LogP contribution is -1.75. The van der Waals surface area contributed by atoms with Crippen LogP contribution in [0.3, 0.4) is 0 Å². The van der Waals surface area contributed by atoms with E-state index in [0.717, 1.165) is 24.7 Å². The predicted octanol–water partition coefficient (Wildman–Crippen LogP) is 3.36. The van der Waals surface area contributed by atoms with E-state index < -0.39 is 0 Å². The maximum atomic E-state index is 8.39. The molecule has 0 spiro atoms. The Labute approximate surface area is 68.7 Å². The summed E-state index contributed by atoms with van der Waals surface area (Å²) in [4.78, 5) is 0. The molecule has 11 heavy (non-hydrogen) atoms. The molecule has 62 valence electrons. The summed E-state index contributed by atoms with van der Waals surface area (Å²) in [6, 6.07) is 0. The van der Waals surface area contributed by atoms with Crippen molar-refractivity contribution in [2.45, 2.75) is 26.7 Å². The predicted molar refractivity (Wildman–Crippen MR) is 49.6 cm³/mol. The number of aliphatic hydroxyl groups excluding tert-OH is 1. The molecule has 0 aliphatic rings. The number of hydrogen-bond acceptors (Lipinski definition) is 1. The molecule has 0 unspecified atom stereocenters.